The number of esters is 1. The zero-order chi connectivity index (χ0) is 29.4. The van der Waals surface area contributed by atoms with E-state index in [0.717, 1.165) is 59.8 Å². The monoisotopic (exact) mass is 580 g/mol. The normalized spacial score (nSPS) is 16.2. The number of methoxy groups -OCH3 is 1. The highest BCUT2D eigenvalue weighted by Crippen LogP contribution is 2.41. The summed E-state index contributed by atoms with van der Waals surface area (Å²) in [7, 11) is 1.31. The molecule has 0 aliphatic carbocycles. The standard InChI is InChI=1S/C31H37ClN4O5/c1-20(37)33-16-8-4-3-5-9-17-34-30(39)22-14-12-21(13-15-22)29-28-24(23-10-6-7-11-25(23)35-28)18-26(31(40)41-2)36(29)27(38)19-32/h6-7,10-15,26,29,35H,3-5,8-9,16-19H2,1-2H3,(H,33,37)(H,34,39)/t26-,29+/m1/s1. The van der Waals surface area contributed by atoms with Gasteiger partial charge in [0.05, 0.1) is 13.2 Å². The molecular weight excluding hydrogens is 544 g/mol. The fraction of sp³-hybridized carbons (Fsp3) is 0.419. The Morgan fingerprint density at radius 1 is 0.951 bits per heavy atom. The highest BCUT2D eigenvalue weighted by Gasteiger charge is 2.43. The number of carbonyl (C=O) groups is 4. The Kier molecular flexibility index (Phi) is 10.4. The first-order valence-corrected chi connectivity index (χ1v) is 14.6. The molecule has 0 saturated heterocycles. The van der Waals surface area contributed by atoms with Crippen LogP contribution in [0.25, 0.3) is 10.9 Å². The van der Waals surface area contributed by atoms with Crippen molar-refractivity contribution in [2.45, 2.75) is 57.5 Å². The number of aromatic nitrogens is 1. The lowest BCUT2D eigenvalue weighted by molar-refractivity contribution is -0.154. The van der Waals surface area contributed by atoms with Gasteiger partial charge in [-0.15, -0.1) is 11.6 Å². The zero-order valence-electron chi connectivity index (χ0n) is 23.5. The molecule has 0 bridgehead atoms. The maximum Gasteiger partial charge on any atom is 0.328 e. The third-order valence-corrected chi connectivity index (χ3v) is 7.74. The molecule has 0 spiro atoms. The van der Waals surface area contributed by atoms with Gasteiger partial charge in [-0.05, 0) is 42.2 Å². The van der Waals surface area contributed by atoms with Gasteiger partial charge < -0.3 is 25.3 Å². The minimum Gasteiger partial charge on any atom is -0.467 e. The number of rotatable bonds is 12. The largest absolute Gasteiger partial charge is 0.467 e. The van der Waals surface area contributed by atoms with Gasteiger partial charge >= 0.3 is 5.97 Å². The van der Waals surface area contributed by atoms with Crippen molar-refractivity contribution in [2.24, 2.45) is 0 Å². The van der Waals surface area contributed by atoms with Gasteiger partial charge in [-0.2, -0.15) is 0 Å². The van der Waals surface area contributed by atoms with E-state index in [9.17, 15) is 19.2 Å². The average molecular weight is 581 g/mol. The first-order chi connectivity index (χ1) is 19.8. The number of nitrogens with zero attached hydrogens (tertiary/aromatic N) is 1. The number of carbonyl (C=O) groups excluding carboxylic acids is 4. The molecule has 2 heterocycles. The van der Waals surface area contributed by atoms with Crippen LogP contribution in [0.2, 0.25) is 0 Å². The fourth-order valence-corrected chi connectivity index (χ4v) is 5.64. The van der Waals surface area contributed by atoms with Gasteiger partial charge in [-0.3, -0.25) is 14.4 Å². The smallest absolute Gasteiger partial charge is 0.328 e. The third-order valence-electron chi connectivity index (χ3n) is 7.51. The summed E-state index contributed by atoms with van der Waals surface area (Å²) < 4.78 is 5.09. The van der Waals surface area contributed by atoms with Crippen LogP contribution in [0.15, 0.2) is 48.5 Å². The Morgan fingerprint density at radius 3 is 2.27 bits per heavy atom. The second kappa shape index (κ2) is 14.2. The maximum atomic E-state index is 13.1. The van der Waals surface area contributed by atoms with Crippen molar-refractivity contribution in [3.63, 3.8) is 0 Å². The summed E-state index contributed by atoms with van der Waals surface area (Å²) in [5.74, 6) is -1.34. The molecule has 1 aliphatic heterocycles. The Bertz CT molecular complexity index is 1390. The van der Waals surface area contributed by atoms with Crippen molar-refractivity contribution < 1.29 is 23.9 Å². The number of fused-ring (bicyclic) bond motifs is 3. The number of hydrogen-bond acceptors (Lipinski definition) is 5. The lowest BCUT2D eigenvalue weighted by atomic mass is 9.87. The molecule has 0 saturated carbocycles. The van der Waals surface area contributed by atoms with Gasteiger partial charge in [0.2, 0.25) is 11.8 Å². The molecule has 4 rings (SSSR count). The maximum absolute atomic E-state index is 13.1. The lowest BCUT2D eigenvalue weighted by Crippen LogP contribution is -2.52. The van der Waals surface area contributed by atoms with E-state index in [1.165, 1.54) is 18.9 Å². The number of benzene rings is 2. The van der Waals surface area contributed by atoms with Crippen LogP contribution in [0.5, 0.6) is 0 Å². The summed E-state index contributed by atoms with van der Waals surface area (Å²) in [5, 5.41) is 6.75. The number of hydrogen-bond donors (Lipinski definition) is 3. The van der Waals surface area contributed by atoms with Crippen LogP contribution in [-0.4, -0.2) is 65.7 Å². The molecule has 0 fully saturated rings. The number of halogens is 1. The minimum atomic E-state index is -0.837. The summed E-state index contributed by atoms with van der Waals surface area (Å²) in [6.07, 6.45) is 5.22. The molecule has 0 radical (unpaired) electrons. The average Bonchev–Trinajstić information content (AvgIpc) is 3.36. The van der Waals surface area contributed by atoms with Crippen LogP contribution in [0, 0.1) is 0 Å². The molecule has 9 nitrogen and oxygen atoms in total. The number of para-hydroxylation sites is 1. The zero-order valence-corrected chi connectivity index (χ0v) is 24.3. The highest BCUT2D eigenvalue weighted by molar-refractivity contribution is 6.27. The van der Waals surface area contributed by atoms with E-state index in [4.69, 9.17) is 16.3 Å². The number of alkyl halides is 1. The first-order valence-electron chi connectivity index (χ1n) is 14.0. The van der Waals surface area contributed by atoms with Gasteiger partial charge in [0.1, 0.15) is 11.9 Å². The van der Waals surface area contributed by atoms with E-state index < -0.39 is 18.1 Å². The molecular formula is C31H37ClN4O5. The van der Waals surface area contributed by atoms with Crippen molar-refractivity contribution in [1.29, 1.82) is 0 Å². The van der Waals surface area contributed by atoms with Gasteiger partial charge in [0, 0.05) is 48.6 Å². The van der Waals surface area contributed by atoms with Crippen molar-refractivity contribution in [1.82, 2.24) is 20.5 Å². The number of H-pyrrole nitrogens is 1. The van der Waals surface area contributed by atoms with Gasteiger partial charge in [0.25, 0.3) is 5.91 Å². The van der Waals surface area contributed by atoms with Gasteiger partial charge in [-0.25, -0.2) is 4.79 Å². The van der Waals surface area contributed by atoms with E-state index >= 15 is 0 Å². The van der Waals surface area contributed by atoms with E-state index in [1.807, 2.05) is 36.4 Å². The number of amides is 3. The van der Waals surface area contributed by atoms with E-state index in [1.54, 1.807) is 12.1 Å². The van der Waals surface area contributed by atoms with E-state index in [2.05, 4.69) is 15.6 Å². The van der Waals surface area contributed by atoms with Crippen molar-refractivity contribution in [3.8, 4) is 0 Å². The molecule has 3 aromatic rings. The Labute approximate surface area is 244 Å². The minimum absolute atomic E-state index is 0.00596. The Morgan fingerprint density at radius 2 is 1.61 bits per heavy atom. The third kappa shape index (κ3) is 7.08. The van der Waals surface area contributed by atoms with Crippen LogP contribution in [0.1, 0.15) is 72.2 Å². The lowest BCUT2D eigenvalue weighted by Gasteiger charge is -2.40. The topological polar surface area (TPSA) is 121 Å². The fourth-order valence-electron chi connectivity index (χ4n) is 5.50. The van der Waals surface area contributed by atoms with Crippen LogP contribution in [0.3, 0.4) is 0 Å². The molecule has 10 heteroatoms. The summed E-state index contributed by atoms with van der Waals surface area (Å²) in [6, 6.07) is 13.5. The molecule has 3 N–H and O–H groups in total. The molecule has 3 amide bonds. The van der Waals surface area contributed by atoms with Crippen LogP contribution in [-0.2, 0) is 25.5 Å². The number of unbranched alkanes of at least 4 members (excludes halogenated alkanes) is 4. The Hall–Kier alpha value is -3.85. The molecule has 0 unspecified atom stereocenters. The summed E-state index contributed by atoms with van der Waals surface area (Å²) in [5.41, 5.74) is 3.95. The molecule has 1 aromatic heterocycles. The second-order valence-corrected chi connectivity index (χ2v) is 10.5. The molecule has 41 heavy (non-hydrogen) atoms. The van der Waals surface area contributed by atoms with Crippen molar-refractivity contribution in [2.75, 3.05) is 26.1 Å². The Balaban J connectivity index is 1.47. The van der Waals surface area contributed by atoms with E-state index in [-0.39, 0.29) is 23.6 Å². The highest BCUT2D eigenvalue weighted by atomic mass is 35.5. The van der Waals surface area contributed by atoms with Crippen molar-refractivity contribution in [3.05, 3.63) is 70.9 Å². The number of ether oxygens (including phenoxy) is 1. The molecule has 1 aliphatic rings. The number of nitrogens with one attached hydrogen (secondary N) is 3. The summed E-state index contributed by atoms with van der Waals surface area (Å²) in [6.45, 7) is 2.79. The van der Waals surface area contributed by atoms with Crippen molar-refractivity contribution >= 4 is 46.2 Å². The SMILES string of the molecule is COC(=O)[C@H]1Cc2c([nH]c3ccccc23)[C@H](c2ccc(C(=O)NCCCCCCCNC(C)=O)cc2)N1C(=O)CCl. The van der Waals surface area contributed by atoms with Crippen LogP contribution >= 0.6 is 11.6 Å². The molecule has 2 atom stereocenters. The summed E-state index contributed by atoms with van der Waals surface area (Å²) in [4.78, 5) is 54.7. The van der Waals surface area contributed by atoms with E-state index in [0.29, 0.717) is 25.1 Å². The number of aromatic amines is 1. The predicted molar refractivity (Wildman–Crippen MR) is 158 cm³/mol. The van der Waals surface area contributed by atoms with Gasteiger partial charge in [0.15, 0.2) is 0 Å². The summed E-state index contributed by atoms with van der Waals surface area (Å²) >= 11 is 6.02. The molecule has 218 valence electrons. The first kappa shape index (κ1) is 30.1. The van der Waals surface area contributed by atoms with Crippen LogP contribution in [0.4, 0.5) is 0 Å². The second-order valence-electron chi connectivity index (χ2n) is 10.3. The van der Waals surface area contributed by atoms with Crippen LogP contribution < -0.4 is 10.6 Å². The predicted octanol–water partition coefficient (Wildman–Crippen LogP) is 4.24. The van der Waals surface area contributed by atoms with Gasteiger partial charge in [-0.1, -0.05) is 49.6 Å². The molecule has 2 aromatic carbocycles. The quantitative estimate of drug-likeness (QED) is 0.168.